The first-order chi connectivity index (χ1) is 8.60. The van der Waals surface area contributed by atoms with Crippen molar-refractivity contribution in [3.8, 4) is 0 Å². The number of anilines is 2. The van der Waals surface area contributed by atoms with E-state index in [0.29, 0.717) is 18.1 Å². The quantitative estimate of drug-likeness (QED) is 0.886. The highest BCUT2D eigenvalue weighted by Crippen LogP contribution is 2.15. The molecule has 2 aromatic heterocycles. The summed E-state index contributed by atoms with van der Waals surface area (Å²) >= 11 is 3.33. The van der Waals surface area contributed by atoms with E-state index in [-0.39, 0.29) is 12.2 Å². The van der Waals surface area contributed by atoms with Crippen LogP contribution in [0.5, 0.6) is 0 Å². The lowest BCUT2D eigenvalue weighted by Gasteiger charge is -2.05. The van der Waals surface area contributed by atoms with Crippen molar-refractivity contribution in [1.82, 2.24) is 14.3 Å². The van der Waals surface area contributed by atoms with Gasteiger partial charge >= 0.3 is 0 Å². The van der Waals surface area contributed by atoms with Crippen LogP contribution in [0.25, 0.3) is 0 Å². The molecule has 2 aromatic rings. The van der Waals surface area contributed by atoms with Crippen LogP contribution in [0.2, 0.25) is 0 Å². The van der Waals surface area contributed by atoms with Crippen molar-refractivity contribution in [3.63, 3.8) is 0 Å². The zero-order valence-electron chi connectivity index (χ0n) is 9.80. The first-order valence-corrected chi connectivity index (χ1v) is 6.17. The van der Waals surface area contributed by atoms with Gasteiger partial charge in [-0.1, -0.05) is 0 Å². The molecular weight excluding hydrogens is 300 g/mol. The van der Waals surface area contributed by atoms with Gasteiger partial charge in [0.25, 0.3) is 5.56 Å². The highest BCUT2D eigenvalue weighted by molar-refractivity contribution is 9.10. The average molecular weight is 313 g/mol. The number of halogens is 1. The molecule has 0 aliphatic rings. The Morgan fingerprint density at radius 2 is 2.33 bits per heavy atom. The Bertz CT molecular complexity index is 605. The maximum atomic E-state index is 11.9. The van der Waals surface area contributed by atoms with Crippen LogP contribution in [0.4, 0.5) is 11.5 Å². The summed E-state index contributed by atoms with van der Waals surface area (Å²) in [7, 11) is 1.68. The lowest BCUT2D eigenvalue weighted by Crippen LogP contribution is -2.19. The van der Waals surface area contributed by atoms with E-state index >= 15 is 0 Å². The van der Waals surface area contributed by atoms with Crippen LogP contribution in [-0.4, -0.2) is 26.1 Å². The van der Waals surface area contributed by atoms with E-state index in [4.69, 9.17) is 5.11 Å². The number of aliphatic hydroxyl groups excluding tert-OH is 1. The monoisotopic (exact) mass is 312 g/mol. The van der Waals surface area contributed by atoms with Gasteiger partial charge in [-0.3, -0.25) is 9.48 Å². The summed E-state index contributed by atoms with van der Waals surface area (Å²) in [6, 6.07) is 3.45. The molecule has 0 aliphatic carbocycles. The Balaban J connectivity index is 2.25. The molecule has 2 N–H and O–H groups in total. The second kappa shape index (κ2) is 5.36. The number of pyridine rings is 1. The summed E-state index contributed by atoms with van der Waals surface area (Å²) in [5, 5.41) is 15.9. The normalized spacial score (nSPS) is 10.6. The number of nitrogens with one attached hydrogen (secondary N) is 1. The van der Waals surface area contributed by atoms with Crippen molar-refractivity contribution < 1.29 is 5.11 Å². The molecule has 6 nitrogen and oxygen atoms in total. The van der Waals surface area contributed by atoms with Crippen LogP contribution >= 0.6 is 15.9 Å². The first-order valence-electron chi connectivity index (χ1n) is 5.37. The molecule has 0 saturated heterocycles. The number of nitrogens with zero attached hydrogens (tertiary/aromatic N) is 3. The fourth-order valence-electron chi connectivity index (χ4n) is 1.55. The van der Waals surface area contributed by atoms with Crippen molar-refractivity contribution in [3.05, 3.63) is 39.4 Å². The zero-order chi connectivity index (χ0) is 13.1. The summed E-state index contributed by atoms with van der Waals surface area (Å²) in [5.41, 5.74) is 0.316. The minimum atomic E-state index is -0.130. The Hall–Kier alpha value is -1.60. The van der Waals surface area contributed by atoms with Crippen LogP contribution in [0.15, 0.2) is 33.8 Å². The maximum absolute atomic E-state index is 11.9. The predicted molar refractivity (Wildman–Crippen MR) is 72.0 cm³/mol. The Labute approximate surface area is 112 Å². The molecule has 0 radical (unpaired) electrons. The van der Waals surface area contributed by atoms with E-state index in [1.807, 2.05) is 0 Å². The minimum absolute atomic E-state index is 0.0276. The van der Waals surface area contributed by atoms with Crippen LogP contribution in [0, 0.1) is 0 Å². The van der Waals surface area contributed by atoms with E-state index in [9.17, 15) is 4.79 Å². The van der Waals surface area contributed by atoms with Crippen molar-refractivity contribution >= 4 is 27.4 Å². The molecule has 7 heteroatoms. The number of hydrogen-bond acceptors (Lipinski definition) is 4. The van der Waals surface area contributed by atoms with Gasteiger partial charge in [-0.05, 0) is 22.0 Å². The lowest BCUT2D eigenvalue weighted by molar-refractivity contribution is 0.269. The van der Waals surface area contributed by atoms with Gasteiger partial charge in [0, 0.05) is 30.0 Å². The summed E-state index contributed by atoms with van der Waals surface area (Å²) in [5.74, 6) is 0.568. The van der Waals surface area contributed by atoms with Crippen molar-refractivity contribution in [2.75, 3.05) is 11.9 Å². The fraction of sp³-hybridized carbons (Fsp3) is 0.273. The third kappa shape index (κ3) is 2.80. The molecule has 0 spiro atoms. The minimum Gasteiger partial charge on any atom is -0.394 e. The number of hydrogen-bond donors (Lipinski definition) is 2. The molecule has 0 fully saturated rings. The molecule has 2 rings (SSSR count). The van der Waals surface area contributed by atoms with Gasteiger partial charge in [-0.15, -0.1) is 0 Å². The number of rotatable bonds is 4. The number of aliphatic hydroxyl groups is 1. The third-order valence-corrected chi connectivity index (χ3v) is 2.82. The molecule has 96 valence electrons. The summed E-state index contributed by atoms with van der Waals surface area (Å²) < 4.78 is 3.89. The van der Waals surface area contributed by atoms with Gasteiger partial charge in [0.15, 0.2) is 5.82 Å². The predicted octanol–water partition coefficient (Wildman–Crippen LogP) is 1.08. The standard InChI is InChI=1S/C11H13BrN4O2/c1-15-7-8(12)6-9(11(15)18)13-10-2-3-16(14-10)4-5-17/h2-3,6-7,17H,4-5H2,1H3,(H,13,14). The number of aromatic nitrogens is 3. The van der Waals surface area contributed by atoms with Crippen LogP contribution < -0.4 is 10.9 Å². The average Bonchev–Trinajstić information content (AvgIpc) is 2.73. The van der Waals surface area contributed by atoms with Crippen LogP contribution in [0.1, 0.15) is 0 Å². The molecule has 18 heavy (non-hydrogen) atoms. The number of aryl methyl sites for hydroxylation is 1. The zero-order valence-corrected chi connectivity index (χ0v) is 11.4. The molecular formula is C11H13BrN4O2. The largest absolute Gasteiger partial charge is 0.394 e. The second-order valence-electron chi connectivity index (χ2n) is 3.80. The van der Waals surface area contributed by atoms with Crippen molar-refractivity contribution in [1.29, 1.82) is 0 Å². The van der Waals surface area contributed by atoms with Gasteiger partial charge in [0.2, 0.25) is 0 Å². The molecule has 2 heterocycles. The van der Waals surface area contributed by atoms with E-state index in [2.05, 4.69) is 26.3 Å². The van der Waals surface area contributed by atoms with E-state index in [0.717, 1.165) is 4.47 Å². The van der Waals surface area contributed by atoms with Crippen molar-refractivity contribution in [2.24, 2.45) is 7.05 Å². The highest BCUT2D eigenvalue weighted by Gasteiger charge is 2.05. The smallest absolute Gasteiger partial charge is 0.274 e. The lowest BCUT2D eigenvalue weighted by atomic mass is 10.4. The van der Waals surface area contributed by atoms with Gasteiger partial charge < -0.3 is 15.0 Å². The summed E-state index contributed by atoms with van der Waals surface area (Å²) in [6.07, 6.45) is 3.43. The molecule has 0 aromatic carbocycles. The summed E-state index contributed by atoms with van der Waals surface area (Å²) in [6.45, 7) is 0.456. The maximum Gasteiger partial charge on any atom is 0.274 e. The van der Waals surface area contributed by atoms with E-state index < -0.39 is 0 Å². The van der Waals surface area contributed by atoms with Crippen LogP contribution in [-0.2, 0) is 13.6 Å². The molecule has 0 unspecified atom stereocenters. The molecule has 0 atom stereocenters. The van der Waals surface area contributed by atoms with Gasteiger partial charge in [0.05, 0.1) is 13.2 Å². The fourth-order valence-corrected chi connectivity index (χ4v) is 2.09. The summed E-state index contributed by atoms with van der Waals surface area (Å²) in [4.78, 5) is 11.9. The Kier molecular flexibility index (Phi) is 3.83. The molecule has 0 amide bonds. The molecule has 0 aliphatic heterocycles. The molecule has 0 bridgehead atoms. The Morgan fingerprint density at radius 1 is 1.56 bits per heavy atom. The van der Waals surface area contributed by atoms with E-state index in [1.165, 1.54) is 4.57 Å². The molecule has 0 saturated carbocycles. The van der Waals surface area contributed by atoms with Gasteiger partial charge in [-0.2, -0.15) is 5.10 Å². The van der Waals surface area contributed by atoms with E-state index in [1.54, 1.807) is 36.3 Å². The van der Waals surface area contributed by atoms with Crippen LogP contribution in [0.3, 0.4) is 0 Å². The first kappa shape index (κ1) is 12.8. The highest BCUT2D eigenvalue weighted by atomic mass is 79.9. The second-order valence-corrected chi connectivity index (χ2v) is 4.72. The topological polar surface area (TPSA) is 72.1 Å². The van der Waals surface area contributed by atoms with Crippen molar-refractivity contribution in [2.45, 2.75) is 6.54 Å². The Morgan fingerprint density at radius 3 is 3.06 bits per heavy atom. The van der Waals surface area contributed by atoms with Gasteiger partial charge in [0.1, 0.15) is 5.69 Å². The SMILES string of the molecule is Cn1cc(Br)cc(Nc2ccn(CCO)n2)c1=O. The third-order valence-electron chi connectivity index (χ3n) is 2.38. The van der Waals surface area contributed by atoms with Gasteiger partial charge in [-0.25, -0.2) is 0 Å².